The average molecular weight is 444 g/mol. The number of ether oxygens (including phenoxy) is 1. The monoisotopic (exact) mass is 443 g/mol. The molecule has 0 saturated heterocycles. The molecule has 5 nitrogen and oxygen atoms in total. The second-order valence-corrected chi connectivity index (χ2v) is 7.71. The fourth-order valence-electron chi connectivity index (χ4n) is 3.13. The molecule has 152 valence electrons. The van der Waals surface area contributed by atoms with Crippen LogP contribution in [0.15, 0.2) is 70.2 Å². The maximum Gasteiger partial charge on any atom is 0.272 e. The van der Waals surface area contributed by atoms with Crippen molar-refractivity contribution in [2.75, 3.05) is 12.0 Å². The van der Waals surface area contributed by atoms with Crippen LogP contribution in [0, 0.1) is 5.82 Å². The summed E-state index contributed by atoms with van der Waals surface area (Å²) >= 11 is 7.07. The van der Waals surface area contributed by atoms with Crippen LogP contribution in [-0.4, -0.2) is 18.9 Å². The molecule has 8 heteroatoms. The zero-order chi connectivity index (χ0) is 21.3. The van der Waals surface area contributed by atoms with Gasteiger partial charge in [0.15, 0.2) is 0 Å². The van der Waals surface area contributed by atoms with Crippen molar-refractivity contribution >= 4 is 46.4 Å². The molecule has 0 spiro atoms. The van der Waals surface area contributed by atoms with Gasteiger partial charge in [0, 0.05) is 5.56 Å². The minimum Gasteiger partial charge on any atom is -0.496 e. The molecular formula is C22H15ClFNO4S. The molecule has 3 aromatic rings. The van der Waals surface area contributed by atoms with Crippen molar-refractivity contribution in [2.45, 2.75) is 5.75 Å². The Balaban J connectivity index is 1.80. The summed E-state index contributed by atoms with van der Waals surface area (Å²) in [4.78, 5) is 27.9. The number of thioether (sulfide) groups is 1. The molecule has 0 bridgehead atoms. The van der Waals surface area contributed by atoms with Gasteiger partial charge in [0.05, 0.1) is 40.3 Å². The van der Waals surface area contributed by atoms with Crippen LogP contribution >= 0.6 is 23.4 Å². The highest BCUT2D eigenvalue weighted by atomic mass is 35.5. The third-order valence-electron chi connectivity index (χ3n) is 4.52. The van der Waals surface area contributed by atoms with Crippen LogP contribution in [0.5, 0.6) is 5.75 Å². The summed E-state index contributed by atoms with van der Waals surface area (Å²) in [6, 6.07) is 14.2. The van der Waals surface area contributed by atoms with E-state index in [-0.39, 0.29) is 21.2 Å². The number of hydrogen-bond acceptors (Lipinski definition) is 5. The van der Waals surface area contributed by atoms with E-state index in [9.17, 15) is 14.0 Å². The van der Waals surface area contributed by atoms with Crippen molar-refractivity contribution in [3.8, 4) is 5.75 Å². The topological polar surface area (TPSA) is 59.8 Å². The number of rotatable bonds is 6. The normalized spacial score (nSPS) is 14.0. The molecule has 2 amide bonds. The van der Waals surface area contributed by atoms with Crippen LogP contribution in [0.3, 0.4) is 0 Å². The van der Waals surface area contributed by atoms with Crippen molar-refractivity contribution in [3.63, 3.8) is 0 Å². The quantitative estimate of drug-likeness (QED) is 0.484. The fraction of sp³-hybridized carbons (Fsp3) is 0.0909. The molecular weight excluding hydrogens is 429 g/mol. The first kappa shape index (κ1) is 20.3. The lowest BCUT2D eigenvalue weighted by molar-refractivity contribution is -0.119. The Morgan fingerprint density at radius 3 is 2.60 bits per heavy atom. The van der Waals surface area contributed by atoms with Gasteiger partial charge in [-0.05, 0) is 36.4 Å². The highest BCUT2D eigenvalue weighted by molar-refractivity contribution is 8.03. The van der Waals surface area contributed by atoms with E-state index < -0.39 is 17.6 Å². The average Bonchev–Trinajstić information content (AvgIpc) is 3.35. The number of imide groups is 1. The first-order valence-electron chi connectivity index (χ1n) is 8.88. The molecule has 0 atom stereocenters. The van der Waals surface area contributed by atoms with Gasteiger partial charge >= 0.3 is 0 Å². The van der Waals surface area contributed by atoms with Crippen molar-refractivity contribution in [1.29, 1.82) is 0 Å². The number of para-hydroxylation sites is 1. The first-order valence-corrected chi connectivity index (χ1v) is 10.2. The lowest BCUT2D eigenvalue weighted by atomic mass is 10.0. The smallest absolute Gasteiger partial charge is 0.272 e. The highest BCUT2D eigenvalue weighted by Gasteiger charge is 2.41. The number of furan rings is 1. The number of methoxy groups -OCH3 is 1. The van der Waals surface area contributed by atoms with Gasteiger partial charge in [-0.3, -0.25) is 9.59 Å². The Morgan fingerprint density at radius 1 is 1.10 bits per heavy atom. The van der Waals surface area contributed by atoms with Crippen molar-refractivity contribution < 1.29 is 23.1 Å². The lowest BCUT2D eigenvalue weighted by Crippen LogP contribution is -2.31. The number of benzene rings is 2. The summed E-state index contributed by atoms with van der Waals surface area (Å²) < 4.78 is 24.4. The number of carbonyl (C=O) groups is 2. The summed E-state index contributed by atoms with van der Waals surface area (Å²) in [5.41, 5.74) is 0.905. The minimum absolute atomic E-state index is 0.177. The van der Waals surface area contributed by atoms with Crippen LogP contribution in [0.4, 0.5) is 10.1 Å². The Morgan fingerprint density at radius 2 is 1.90 bits per heavy atom. The van der Waals surface area contributed by atoms with E-state index in [1.807, 2.05) is 0 Å². The summed E-state index contributed by atoms with van der Waals surface area (Å²) in [5.74, 6) is -0.198. The highest BCUT2D eigenvalue weighted by Crippen LogP contribution is 2.42. The van der Waals surface area contributed by atoms with Gasteiger partial charge in [0.25, 0.3) is 11.8 Å². The molecule has 1 aromatic heterocycles. The van der Waals surface area contributed by atoms with Crippen LogP contribution in [-0.2, 0) is 15.3 Å². The molecule has 30 heavy (non-hydrogen) atoms. The van der Waals surface area contributed by atoms with Gasteiger partial charge < -0.3 is 9.15 Å². The largest absolute Gasteiger partial charge is 0.496 e. The Bertz CT molecular complexity index is 1160. The van der Waals surface area contributed by atoms with Crippen LogP contribution in [0.2, 0.25) is 5.02 Å². The first-order chi connectivity index (χ1) is 14.5. The second-order valence-electron chi connectivity index (χ2n) is 6.32. The lowest BCUT2D eigenvalue weighted by Gasteiger charge is -2.16. The molecule has 1 aliphatic rings. The molecule has 4 rings (SSSR count). The molecule has 2 aromatic carbocycles. The predicted molar refractivity (Wildman–Crippen MR) is 114 cm³/mol. The van der Waals surface area contributed by atoms with Crippen LogP contribution in [0.25, 0.3) is 5.57 Å². The number of amides is 2. The third-order valence-corrected chi connectivity index (χ3v) is 5.90. The summed E-state index contributed by atoms with van der Waals surface area (Å²) in [5, 5.41) is -0.177. The van der Waals surface area contributed by atoms with Crippen molar-refractivity contribution in [2.24, 2.45) is 0 Å². The maximum atomic E-state index is 13.6. The molecule has 0 unspecified atom stereocenters. The zero-order valence-electron chi connectivity index (χ0n) is 15.7. The molecule has 1 aliphatic heterocycles. The van der Waals surface area contributed by atoms with E-state index in [0.717, 1.165) is 11.0 Å². The number of anilines is 1. The van der Waals surface area contributed by atoms with E-state index in [4.69, 9.17) is 20.8 Å². The fourth-order valence-corrected chi connectivity index (χ4v) is 4.31. The van der Waals surface area contributed by atoms with Gasteiger partial charge in [0.2, 0.25) is 0 Å². The molecule has 0 N–H and O–H groups in total. The van der Waals surface area contributed by atoms with Gasteiger partial charge in [-0.15, -0.1) is 11.8 Å². The molecule has 0 radical (unpaired) electrons. The van der Waals surface area contributed by atoms with E-state index in [2.05, 4.69) is 0 Å². The van der Waals surface area contributed by atoms with Crippen molar-refractivity contribution in [3.05, 3.63) is 87.9 Å². The summed E-state index contributed by atoms with van der Waals surface area (Å²) in [6.45, 7) is 0. The molecule has 0 saturated carbocycles. The Hall–Kier alpha value is -3.03. The van der Waals surface area contributed by atoms with E-state index >= 15 is 0 Å². The van der Waals surface area contributed by atoms with Gasteiger partial charge in [-0.1, -0.05) is 29.8 Å². The van der Waals surface area contributed by atoms with Crippen LogP contribution < -0.4 is 9.64 Å². The molecule has 2 heterocycles. The Labute approximate surface area is 181 Å². The van der Waals surface area contributed by atoms with Crippen LogP contribution in [0.1, 0.15) is 11.3 Å². The molecule has 0 aliphatic carbocycles. The van der Waals surface area contributed by atoms with Crippen molar-refractivity contribution in [1.82, 2.24) is 0 Å². The van der Waals surface area contributed by atoms with Gasteiger partial charge in [0.1, 0.15) is 17.3 Å². The van der Waals surface area contributed by atoms with E-state index in [1.165, 1.54) is 31.0 Å². The maximum absolute atomic E-state index is 13.6. The number of carbonyl (C=O) groups excluding carboxylic acids is 2. The number of nitrogens with zero attached hydrogens (tertiary/aromatic N) is 1. The van der Waals surface area contributed by atoms with Gasteiger partial charge in [-0.2, -0.15) is 0 Å². The van der Waals surface area contributed by atoms with Gasteiger partial charge in [-0.25, -0.2) is 9.29 Å². The third kappa shape index (κ3) is 3.62. The minimum atomic E-state index is -0.634. The molecule has 0 fully saturated rings. The zero-order valence-corrected chi connectivity index (χ0v) is 17.3. The van der Waals surface area contributed by atoms with E-state index in [1.54, 1.807) is 42.7 Å². The second kappa shape index (κ2) is 8.38. The standard InChI is InChI=1S/C22H15ClFNO4S/c1-28-18-7-3-2-6-15(18)19-20(30-12-14-5-4-10-29-14)22(27)25(21(19)26)13-8-9-17(24)16(23)11-13/h2-11H,12H2,1H3. The predicted octanol–water partition coefficient (Wildman–Crippen LogP) is 5.30. The summed E-state index contributed by atoms with van der Waals surface area (Å²) in [6.07, 6.45) is 1.54. The van der Waals surface area contributed by atoms with E-state index in [0.29, 0.717) is 22.8 Å². The summed E-state index contributed by atoms with van der Waals surface area (Å²) in [7, 11) is 1.49. The Kier molecular flexibility index (Phi) is 5.65. The number of hydrogen-bond donors (Lipinski definition) is 0. The SMILES string of the molecule is COc1ccccc1C1=C(SCc2ccco2)C(=O)N(c2ccc(F)c(Cl)c2)C1=O. The number of halogens is 2.